The maximum atomic E-state index is 12.1. The van der Waals surface area contributed by atoms with Crippen LogP contribution in [0.3, 0.4) is 0 Å². The molecule has 0 unspecified atom stereocenters. The van der Waals surface area contributed by atoms with Gasteiger partial charge in [-0.2, -0.15) is 0 Å². The summed E-state index contributed by atoms with van der Waals surface area (Å²) in [6, 6.07) is 5.79. The Morgan fingerprint density at radius 1 is 1.09 bits per heavy atom. The summed E-state index contributed by atoms with van der Waals surface area (Å²) in [5, 5.41) is 0. The van der Waals surface area contributed by atoms with E-state index >= 15 is 0 Å². The van der Waals surface area contributed by atoms with Gasteiger partial charge in [-0.15, -0.1) is 0 Å². The van der Waals surface area contributed by atoms with Gasteiger partial charge in [-0.25, -0.2) is 13.1 Å². The standard InChI is InChI=1S/C15H20N2O4S/c1-11(2)9-10-16-22(20,21)13-5-3-12(4-6-13)17-14(18)7-8-15(17)19/h3-6,11,16H,7-10H2,1-2H3. The lowest BCUT2D eigenvalue weighted by atomic mass is 10.1. The zero-order chi connectivity index (χ0) is 16.3. The number of amides is 2. The first-order valence-electron chi connectivity index (χ1n) is 7.27. The number of imide groups is 1. The van der Waals surface area contributed by atoms with E-state index in [1.54, 1.807) is 0 Å². The normalized spacial score (nSPS) is 15.9. The van der Waals surface area contributed by atoms with E-state index in [1.807, 2.05) is 13.8 Å². The average Bonchev–Trinajstić information content (AvgIpc) is 2.78. The van der Waals surface area contributed by atoms with E-state index < -0.39 is 10.0 Å². The lowest BCUT2D eigenvalue weighted by Crippen LogP contribution is -2.29. The first kappa shape index (κ1) is 16.6. The van der Waals surface area contributed by atoms with Gasteiger partial charge in [-0.1, -0.05) is 13.8 Å². The van der Waals surface area contributed by atoms with Crippen molar-refractivity contribution in [3.63, 3.8) is 0 Å². The second-order valence-corrected chi connectivity index (χ2v) is 7.46. The predicted molar refractivity (Wildman–Crippen MR) is 82.8 cm³/mol. The third kappa shape index (κ3) is 3.72. The van der Waals surface area contributed by atoms with Crippen LogP contribution in [-0.2, 0) is 19.6 Å². The number of hydrogen-bond acceptors (Lipinski definition) is 4. The summed E-state index contributed by atoms with van der Waals surface area (Å²) < 4.78 is 26.8. The minimum Gasteiger partial charge on any atom is -0.274 e. The minimum atomic E-state index is -3.56. The Morgan fingerprint density at radius 3 is 2.14 bits per heavy atom. The Bertz CT molecular complexity index is 649. The molecule has 1 aliphatic heterocycles. The highest BCUT2D eigenvalue weighted by molar-refractivity contribution is 7.89. The maximum Gasteiger partial charge on any atom is 0.240 e. The average molecular weight is 324 g/mol. The molecule has 0 bridgehead atoms. The summed E-state index contributed by atoms with van der Waals surface area (Å²) >= 11 is 0. The molecule has 6 nitrogen and oxygen atoms in total. The quantitative estimate of drug-likeness (QED) is 0.807. The van der Waals surface area contributed by atoms with Gasteiger partial charge in [-0.05, 0) is 36.6 Å². The van der Waals surface area contributed by atoms with Gasteiger partial charge in [0.05, 0.1) is 10.6 Å². The largest absolute Gasteiger partial charge is 0.274 e. The van der Waals surface area contributed by atoms with Crippen molar-refractivity contribution in [3.8, 4) is 0 Å². The number of nitrogens with one attached hydrogen (secondary N) is 1. The fourth-order valence-electron chi connectivity index (χ4n) is 2.20. The molecule has 0 saturated carbocycles. The molecule has 0 spiro atoms. The highest BCUT2D eigenvalue weighted by Crippen LogP contribution is 2.23. The van der Waals surface area contributed by atoms with Gasteiger partial charge >= 0.3 is 0 Å². The zero-order valence-electron chi connectivity index (χ0n) is 12.7. The molecule has 0 aliphatic carbocycles. The van der Waals surface area contributed by atoms with Crippen LogP contribution in [0.1, 0.15) is 33.1 Å². The number of anilines is 1. The van der Waals surface area contributed by atoms with Crippen LogP contribution in [0.2, 0.25) is 0 Å². The predicted octanol–water partition coefficient (Wildman–Crippen LogP) is 1.66. The summed E-state index contributed by atoms with van der Waals surface area (Å²) in [4.78, 5) is 24.5. The third-order valence-electron chi connectivity index (χ3n) is 3.47. The molecule has 0 aromatic heterocycles. The van der Waals surface area contributed by atoms with Crippen LogP contribution in [0, 0.1) is 5.92 Å². The summed E-state index contributed by atoms with van der Waals surface area (Å²) in [5.74, 6) is -0.0939. The molecule has 1 heterocycles. The van der Waals surface area contributed by atoms with Crippen molar-refractivity contribution in [1.29, 1.82) is 0 Å². The molecule has 0 radical (unpaired) electrons. The number of carbonyl (C=O) groups is 2. The van der Waals surface area contributed by atoms with Crippen LogP contribution in [0.4, 0.5) is 5.69 Å². The monoisotopic (exact) mass is 324 g/mol. The first-order valence-corrected chi connectivity index (χ1v) is 8.75. The van der Waals surface area contributed by atoms with Gasteiger partial charge in [0.2, 0.25) is 21.8 Å². The van der Waals surface area contributed by atoms with Gasteiger partial charge < -0.3 is 0 Å². The van der Waals surface area contributed by atoms with Crippen molar-refractivity contribution in [3.05, 3.63) is 24.3 Å². The number of benzene rings is 1. The van der Waals surface area contributed by atoms with Gasteiger partial charge in [-0.3, -0.25) is 14.5 Å². The minimum absolute atomic E-state index is 0.124. The van der Waals surface area contributed by atoms with Crippen molar-refractivity contribution in [2.75, 3.05) is 11.4 Å². The zero-order valence-corrected chi connectivity index (χ0v) is 13.5. The van der Waals surface area contributed by atoms with Gasteiger partial charge in [0.25, 0.3) is 0 Å². The van der Waals surface area contributed by atoms with Crippen molar-refractivity contribution < 1.29 is 18.0 Å². The fraction of sp³-hybridized carbons (Fsp3) is 0.467. The SMILES string of the molecule is CC(C)CCNS(=O)(=O)c1ccc(N2C(=O)CCC2=O)cc1. The summed E-state index contributed by atoms with van der Waals surface area (Å²) in [6.07, 6.45) is 1.17. The molecule has 0 atom stereocenters. The summed E-state index contributed by atoms with van der Waals surface area (Å²) in [5.41, 5.74) is 0.411. The van der Waals surface area contributed by atoms with E-state index in [1.165, 1.54) is 24.3 Å². The Kier molecular flexibility index (Phi) is 4.97. The second kappa shape index (κ2) is 6.58. The molecule has 120 valence electrons. The van der Waals surface area contributed by atoms with Crippen molar-refractivity contribution in [1.82, 2.24) is 4.72 Å². The molecule has 1 aliphatic rings. The van der Waals surface area contributed by atoms with E-state index in [0.29, 0.717) is 18.2 Å². The molecular formula is C15H20N2O4S. The van der Waals surface area contributed by atoms with Crippen molar-refractivity contribution in [2.45, 2.75) is 38.0 Å². The maximum absolute atomic E-state index is 12.1. The Morgan fingerprint density at radius 2 is 1.64 bits per heavy atom. The highest BCUT2D eigenvalue weighted by Gasteiger charge is 2.30. The topological polar surface area (TPSA) is 83.6 Å². The van der Waals surface area contributed by atoms with E-state index in [0.717, 1.165) is 11.3 Å². The fourth-order valence-corrected chi connectivity index (χ4v) is 3.25. The van der Waals surface area contributed by atoms with Gasteiger partial charge in [0.15, 0.2) is 0 Å². The highest BCUT2D eigenvalue weighted by atomic mass is 32.2. The molecule has 2 amide bonds. The third-order valence-corrected chi connectivity index (χ3v) is 4.95. The molecule has 1 fully saturated rings. The molecule has 2 rings (SSSR count). The number of hydrogen-bond donors (Lipinski definition) is 1. The van der Waals surface area contributed by atoms with Crippen LogP contribution in [0.15, 0.2) is 29.2 Å². The molecule has 1 aromatic rings. The number of sulfonamides is 1. The molecule has 1 aromatic carbocycles. The van der Waals surface area contributed by atoms with Crippen LogP contribution < -0.4 is 9.62 Å². The summed E-state index contributed by atoms with van der Waals surface area (Å²) in [7, 11) is -3.56. The van der Waals surface area contributed by atoms with Crippen molar-refractivity contribution >= 4 is 27.5 Å². The molecule has 7 heteroatoms. The van der Waals surface area contributed by atoms with Gasteiger partial charge in [0, 0.05) is 19.4 Å². The molecule has 22 heavy (non-hydrogen) atoms. The number of nitrogens with zero attached hydrogens (tertiary/aromatic N) is 1. The van der Waals surface area contributed by atoms with Crippen molar-refractivity contribution in [2.24, 2.45) is 5.92 Å². The van der Waals surface area contributed by atoms with Crippen LogP contribution >= 0.6 is 0 Å². The van der Waals surface area contributed by atoms with Crippen LogP contribution in [0.25, 0.3) is 0 Å². The lowest BCUT2D eigenvalue weighted by molar-refractivity contribution is -0.121. The van der Waals surface area contributed by atoms with Crippen LogP contribution in [0.5, 0.6) is 0 Å². The Hall–Kier alpha value is -1.73. The smallest absolute Gasteiger partial charge is 0.240 e. The number of rotatable bonds is 6. The lowest BCUT2D eigenvalue weighted by Gasteiger charge is -2.14. The van der Waals surface area contributed by atoms with E-state index in [2.05, 4.69) is 4.72 Å². The Labute approximate surface area is 130 Å². The van der Waals surface area contributed by atoms with Crippen LogP contribution in [-0.4, -0.2) is 26.8 Å². The summed E-state index contributed by atoms with van der Waals surface area (Å²) in [6.45, 7) is 4.42. The number of carbonyl (C=O) groups excluding carboxylic acids is 2. The van der Waals surface area contributed by atoms with E-state index in [9.17, 15) is 18.0 Å². The Balaban J connectivity index is 2.11. The van der Waals surface area contributed by atoms with Gasteiger partial charge in [0.1, 0.15) is 0 Å². The molecule has 1 saturated heterocycles. The molecular weight excluding hydrogens is 304 g/mol. The first-order chi connectivity index (χ1) is 10.3. The second-order valence-electron chi connectivity index (χ2n) is 5.70. The van der Waals surface area contributed by atoms with E-state index in [-0.39, 0.29) is 29.6 Å². The molecule has 1 N–H and O–H groups in total. The van der Waals surface area contributed by atoms with E-state index in [4.69, 9.17) is 0 Å².